The van der Waals surface area contributed by atoms with Crippen LogP contribution in [0.2, 0.25) is 0 Å². The van der Waals surface area contributed by atoms with Crippen LogP contribution in [0, 0.1) is 0 Å². The molecule has 0 aliphatic heterocycles. The molecule has 0 bridgehead atoms. The largest absolute Gasteiger partial charge is 0.478 e. The van der Waals surface area contributed by atoms with E-state index in [1.807, 2.05) is 32.1 Å². The summed E-state index contributed by atoms with van der Waals surface area (Å²) >= 11 is 0. The second-order valence-electron chi connectivity index (χ2n) is 4.24. The smallest absolute Gasteiger partial charge is 0.330 e. The minimum atomic E-state index is -0.959. The molecular formula is C16H20O4. The molecule has 1 N–H and O–H groups in total. The van der Waals surface area contributed by atoms with Gasteiger partial charge in [-0.1, -0.05) is 41.5 Å². The Hall–Kier alpha value is -2.36. The van der Waals surface area contributed by atoms with Gasteiger partial charge in [0.1, 0.15) is 0 Å². The van der Waals surface area contributed by atoms with Crippen molar-refractivity contribution in [2.24, 2.45) is 0 Å². The zero-order chi connectivity index (χ0) is 15.5. The van der Waals surface area contributed by atoms with E-state index < -0.39 is 11.9 Å². The number of hydrogen-bond donors (Lipinski definition) is 1. The van der Waals surface area contributed by atoms with Crippen LogP contribution >= 0.6 is 0 Å². The molecule has 0 saturated heterocycles. The molecule has 108 valence electrons. The van der Waals surface area contributed by atoms with Crippen molar-refractivity contribution >= 4 is 11.9 Å². The van der Waals surface area contributed by atoms with E-state index in [0.29, 0.717) is 5.57 Å². The maximum Gasteiger partial charge on any atom is 0.330 e. The van der Waals surface area contributed by atoms with Gasteiger partial charge in [0.2, 0.25) is 0 Å². The lowest BCUT2D eigenvalue weighted by Crippen LogP contribution is -1.93. The van der Waals surface area contributed by atoms with Crippen LogP contribution in [0.25, 0.3) is 0 Å². The van der Waals surface area contributed by atoms with Gasteiger partial charge in [0.05, 0.1) is 7.11 Å². The molecular weight excluding hydrogens is 256 g/mol. The highest BCUT2D eigenvalue weighted by atomic mass is 16.5. The Morgan fingerprint density at radius 2 is 1.55 bits per heavy atom. The average Bonchev–Trinajstić information content (AvgIpc) is 2.34. The molecule has 0 heterocycles. The number of carbonyl (C=O) groups is 2. The zero-order valence-corrected chi connectivity index (χ0v) is 12.2. The predicted molar refractivity (Wildman–Crippen MR) is 79.2 cm³/mol. The number of aliphatic carboxylic acids is 1. The number of carbonyl (C=O) groups excluding carboxylic acids is 1. The summed E-state index contributed by atoms with van der Waals surface area (Å²) in [6, 6.07) is 0. The lowest BCUT2D eigenvalue weighted by atomic mass is 10.1. The number of esters is 1. The molecule has 0 unspecified atom stereocenters. The van der Waals surface area contributed by atoms with Gasteiger partial charge in [0.25, 0.3) is 0 Å². The Balaban J connectivity index is 4.64. The molecule has 0 aromatic rings. The van der Waals surface area contributed by atoms with Crippen molar-refractivity contribution in [1.82, 2.24) is 0 Å². The molecule has 0 radical (unpaired) electrons. The molecule has 0 saturated carbocycles. The van der Waals surface area contributed by atoms with Crippen LogP contribution in [0.3, 0.4) is 0 Å². The highest BCUT2D eigenvalue weighted by Gasteiger charge is 1.91. The van der Waals surface area contributed by atoms with Crippen molar-refractivity contribution in [3.05, 3.63) is 59.3 Å². The first-order valence-corrected chi connectivity index (χ1v) is 6.05. The summed E-state index contributed by atoms with van der Waals surface area (Å²) in [5, 5.41) is 8.59. The zero-order valence-electron chi connectivity index (χ0n) is 12.2. The molecule has 0 aliphatic carbocycles. The molecule has 0 amide bonds. The Labute approximate surface area is 119 Å². The molecule has 0 aliphatic rings. The van der Waals surface area contributed by atoms with Gasteiger partial charge in [-0.3, -0.25) is 0 Å². The highest BCUT2D eigenvalue weighted by Crippen LogP contribution is 2.04. The van der Waals surface area contributed by atoms with Crippen LogP contribution in [0.4, 0.5) is 0 Å². The first-order valence-electron chi connectivity index (χ1n) is 6.05. The minimum Gasteiger partial charge on any atom is -0.478 e. The number of ether oxygens (including phenoxy) is 1. The van der Waals surface area contributed by atoms with Crippen LogP contribution in [0.1, 0.15) is 20.8 Å². The van der Waals surface area contributed by atoms with E-state index in [1.54, 1.807) is 19.1 Å². The summed E-state index contributed by atoms with van der Waals surface area (Å²) in [5.41, 5.74) is 2.50. The Morgan fingerprint density at radius 1 is 0.900 bits per heavy atom. The third-order valence-electron chi connectivity index (χ3n) is 2.21. The summed E-state index contributed by atoms with van der Waals surface area (Å²) in [5.74, 6) is -1.36. The van der Waals surface area contributed by atoms with Gasteiger partial charge in [-0.05, 0) is 26.3 Å². The van der Waals surface area contributed by atoms with Gasteiger partial charge in [-0.2, -0.15) is 0 Å². The first-order chi connectivity index (χ1) is 9.35. The Morgan fingerprint density at radius 3 is 2.10 bits per heavy atom. The highest BCUT2D eigenvalue weighted by molar-refractivity contribution is 5.82. The van der Waals surface area contributed by atoms with Crippen molar-refractivity contribution < 1.29 is 19.4 Å². The lowest BCUT2D eigenvalue weighted by Gasteiger charge is -1.94. The number of methoxy groups -OCH3 is 1. The summed E-state index contributed by atoms with van der Waals surface area (Å²) in [6.07, 6.45) is 11.5. The van der Waals surface area contributed by atoms with Crippen LogP contribution in [-0.2, 0) is 14.3 Å². The fourth-order valence-corrected chi connectivity index (χ4v) is 1.32. The quantitative estimate of drug-likeness (QED) is 0.459. The Kier molecular flexibility index (Phi) is 8.43. The fraction of sp³-hybridized carbons (Fsp3) is 0.250. The first kappa shape index (κ1) is 17.6. The number of allylic oxidation sites excluding steroid dienone is 8. The van der Waals surface area contributed by atoms with Crippen molar-refractivity contribution in [1.29, 1.82) is 0 Å². The molecule has 0 aromatic carbocycles. The van der Waals surface area contributed by atoms with E-state index in [4.69, 9.17) is 5.11 Å². The number of carboxylic acids is 1. The van der Waals surface area contributed by atoms with E-state index in [2.05, 4.69) is 4.74 Å². The SMILES string of the molecule is COC(=O)/C=C/C(C)=C/C=C/C(C)=C\C(C)=C\C(=O)O. The number of hydrogen-bond acceptors (Lipinski definition) is 3. The van der Waals surface area contributed by atoms with Crippen molar-refractivity contribution in [3.63, 3.8) is 0 Å². The maximum atomic E-state index is 10.9. The maximum absolute atomic E-state index is 10.9. The number of carboxylic acid groups (broad SMARTS) is 1. The van der Waals surface area contributed by atoms with Crippen molar-refractivity contribution in [2.75, 3.05) is 7.11 Å². The third kappa shape index (κ3) is 9.65. The standard InChI is InChI=1S/C16H20O4/c1-12(8-9-16(19)20-4)6-5-7-13(2)10-14(3)11-15(17)18/h5-11H,1-4H3,(H,17,18)/b7-5+,9-8+,12-6+,13-10-,14-11+. The summed E-state index contributed by atoms with van der Waals surface area (Å²) in [6.45, 7) is 5.47. The topological polar surface area (TPSA) is 63.6 Å². The molecule has 4 nitrogen and oxygen atoms in total. The Bertz CT molecular complexity index is 503. The van der Waals surface area contributed by atoms with Crippen LogP contribution in [0.5, 0.6) is 0 Å². The molecule has 20 heavy (non-hydrogen) atoms. The predicted octanol–water partition coefficient (Wildman–Crippen LogP) is 3.20. The lowest BCUT2D eigenvalue weighted by molar-refractivity contribution is -0.135. The van der Waals surface area contributed by atoms with Gasteiger partial charge >= 0.3 is 11.9 Å². The van der Waals surface area contributed by atoms with E-state index in [9.17, 15) is 9.59 Å². The molecule has 0 aromatic heterocycles. The van der Waals surface area contributed by atoms with E-state index in [-0.39, 0.29) is 0 Å². The minimum absolute atomic E-state index is 0.396. The van der Waals surface area contributed by atoms with E-state index >= 15 is 0 Å². The monoisotopic (exact) mass is 276 g/mol. The van der Waals surface area contributed by atoms with Gasteiger partial charge in [-0.25, -0.2) is 9.59 Å². The molecule has 0 fully saturated rings. The summed E-state index contributed by atoms with van der Waals surface area (Å²) in [7, 11) is 1.33. The second-order valence-corrected chi connectivity index (χ2v) is 4.24. The average molecular weight is 276 g/mol. The third-order valence-corrected chi connectivity index (χ3v) is 2.21. The molecule has 0 spiro atoms. The van der Waals surface area contributed by atoms with Crippen LogP contribution in [-0.4, -0.2) is 24.2 Å². The summed E-state index contributed by atoms with van der Waals surface area (Å²) < 4.78 is 4.48. The molecule has 4 heteroatoms. The normalized spacial score (nSPS) is 14.1. The molecule has 0 atom stereocenters. The fourth-order valence-electron chi connectivity index (χ4n) is 1.32. The van der Waals surface area contributed by atoms with E-state index in [1.165, 1.54) is 13.2 Å². The van der Waals surface area contributed by atoms with Crippen LogP contribution in [0.15, 0.2) is 59.3 Å². The van der Waals surface area contributed by atoms with Gasteiger partial charge < -0.3 is 9.84 Å². The van der Waals surface area contributed by atoms with Gasteiger partial charge in [0, 0.05) is 12.2 Å². The van der Waals surface area contributed by atoms with Crippen LogP contribution < -0.4 is 0 Å². The summed E-state index contributed by atoms with van der Waals surface area (Å²) in [4.78, 5) is 21.4. The molecule has 0 rings (SSSR count). The van der Waals surface area contributed by atoms with Gasteiger partial charge in [0.15, 0.2) is 0 Å². The van der Waals surface area contributed by atoms with Crippen molar-refractivity contribution in [2.45, 2.75) is 20.8 Å². The number of rotatable bonds is 6. The second kappa shape index (κ2) is 9.55. The van der Waals surface area contributed by atoms with E-state index in [0.717, 1.165) is 17.2 Å². The van der Waals surface area contributed by atoms with Gasteiger partial charge in [-0.15, -0.1) is 0 Å². The van der Waals surface area contributed by atoms with Crippen molar-refractivity contribution in [3.8, 4) is 0 Å².